The van der Waals surface area contributed by atoms with Gasteiger partial charge in [0.15, 0.2) is 0 Å². The van der Waals surface area contributed by atoms with Gasteiger partial charge < -0.3 is 15.5 Å². The third-order valence-electron chi connectivity index (χ3n) is 4.47. The lowest BCUT2D eigenvalue weighted by molar-refractivity contribution is -0.125. The van der Waals surface area contributed by atoms with Gasteiger partial charge in [-0.15, -0.1) is 0 Å². The van der Waals surface area contributed by atoms with E-state index in [1.807, 2.05) is 36.1 Å². The van der Waals surface area contributed by atoms with E-state index in [-0.39, 0.29) is 11.8 Å². The summed E-state index contributed by atoms with van der Waals surface area (Å²) in [6, 6.07) is 9.75. The molecule has 2 heterocycles. The number of halogens is 2. The van der Waals surface area contributed by atoms with E-state index in [0.717, 1.165) is 18.7 Å². The van der Waals surface area contributed by atoms with Crippen LogP contribution in [0.4, 0.5) is 26.2 Å². The highest BCUT2D eigenvalue weighted by Crippen LogP contribution is 2.22. The molecule has 1 atom stereocenters. The fraction of sp³-hybridized carbons (Fsp3) is 0.421. The fourth-order valence-electron chi connectivity index (χ4n) is 3.05. The number of nitrogens with one attached hydrogen (secondary N) is 2. The molecule has 0 spiro atoms. The van der Waals surface area contributed by atoms with E-state index >= 15 is 0 Å². The van der Waals surface area contributed by atoms with Crippen molar-refractivity contribution in [3.63, 3.8) is 0 Å². The topological polar surface area (TPSA) is 70.2 Å². The zero-order chi connectivity index (χ0) is 19.2. The van der Waals surface area contributed by atoms with Crippen molar-refractivity contribution in [1.29, 1.82) is 0 Å². The predicted molar refractivity (Wildman–Crippen MR) is 100 cm³/mol. The Morgan fingerprint density at radius 2 is 2.07 bits per heavy atom. The Labute approximate surface area is 157 Å². The first kappa shape index (κ1) is 19.0. The molecule has 3 rings (SSSR count). The zero-order valence-corrected chi connectivity index (χ0v) is 15.2. The Hall–Kier alpha value is -2.77. The summed E-state index contributed by atoms with van der Waals surface area (Å²) in [6.45, 7) is 2.56. The maximum Gasteiger partial charge on any atom is 0.255 e. The summed E-state index contributed by atoms with van der Waals surface area (Å²) < 4.78 is 24.6. The average molecular weight is 375 g/mol. The van der Waals surface area contributed by atoms with Crippen molar-refractivity contribution in [3.8, 4) is 0 Å². The number of rotatable bonds is 6. The van der Waals surface area contributed by atoms with Crippen molar-refractivity contribution < 1.29 is 13.6 Å². The molecule has 6 nitrogen and oxygen atoms in total. The second-order valence-electron chi connectivity index (χ2n) is 6.65. The second-order valence-corrected chi connectivity index (χ2v) is 6.65. The number of aromatic nitrogens is 2. The molecule has 144 valence electrons. The molecule has 1 fully saturated rings. The van der Waals surface area contributed by atoms with Gasteiger partial charge in [0.05, 0.1) is 12.5 Å². The highest BCUT2D eigenvalue weighted by Gasteiger charge is 2.27. The molecule has 1 aromatic heterocycles. The molecular formula is C19H23F2N5O. The van der Waals surface area contributed by atoms with Gasteiger partial charge in [-0.2, -0.15) is 4.98 Å². The van der Waals surface area contributed by atoms with Gasteiger partial charge in [0.1, 0.15) is 5.82 Å². The maximum absolute atomic E-state index is 12.3. The molecule has 0 saturated carbocycles. The summed E-state index contributed by atoms with van der Waals surface area (Å²) in [5.41, 5.74) is 2.10. The van der Waals surface area contributed by atoms with Crippen molar-refractivity contribution >= 4 is 23.4 Å². The Kier molecular flexibility index (Phi) is 6.16. The number of amides is 1. The summed E-state index contributed by atoms with van der Waals surface area (Å²) in [4.78, 5) is 22.9. The molecule has 0 aliphatic carbocycles. The van der Waals surface area contributed by atoms with Crippen LogP contribution in [0.3, 0.4) is 0 Å². The van der Waals surface area contributed by atoms with Crippen LogP contribution in [0.25, 0.3) is 0 Å². The van der Waals surface area contributed by atoms with E-state index in [0.29, 0.717) is 24.7 Å². The molecule has 0 bridgehead atoms. The highest BCUT2D eigenvalue weighted by atomic mass is 19.3. The minimum absolute atomic E-state index is 0.338. The minimum atomic E-state index is -2.54. The summed E-state index contributed by atoms with van der Waals surface area (Å²) in [7, 11) is 0. The summed E-state index contributed by atoms with van der Waals surface area (Å²) in [5, 5.41) is 5.54. The first-order valence-electron chi connectivity index (χ1n) is 8.99. The van der Waals surface area contributed by atoms with Crippen LogP contribution in [0.1, 0.15) is 18.4 Å². The Balaban J connectivity index is 1.65. The van der Waals surface area contributed by atoms with Crippen molar-refractivity contribution in [2.24, 2.45) is 5.92 Å². The minimum Gasteiger partial charge on any atom is -0.350 e. The zero-order valence-electron chi connectivity index (χ0n) is 15.2. The largest absolute Gasteiger partial charge is 0.350 e. The van der Waals surface area contributed by atoms with Gasteiger partial charge in [-0.3, -0.25) is 4.79 Å². The fourth-order valence-corrected chi connectivity index (χ4v) is 3.05. The van der Waals surface area contributed by atoms with Gasteiger partial charge in [0.2, 0.25) is 11.9 Å². The molecule has 1 amide bonds. The van der Waals surface area contributed by atoms with Crippen LogP contribution in [-0.2, 0) is 4.79 Å². The number of anilines is 3. The van der Waals surface area contributed by atoms with Crippen molar-refractivity contribution in [2.75, 3.05) is 29.9 Å². The number of hydrogen-bond donors (Lipinski definition) is 2. The number of piperidine rings is 1. The third-order valence-corrected chi connectivity index (χ3v) is 4.47. The van der Waals surface area contributed by atoms with Crippen LogP contribution in [-0.4, -0.2) is 41.9 Å². The van der Waals surface area contributed by atoms with Gasteiger partial charge in [-0.05, 0) is 38.0 Å². The summed E-state index contributed by atoms with van der Waals surface area (Å²) >= 11 is 0. The van der Waals surface area contributed by atoms with E-state index in [4.69, 9.17) is 0 Å². The van der Waals surface area contributed by atoms with Crippen LogP contribution in [0.5, 0.6) is 0 Å². The molecule has 2 N–H and O–H groups in total. The molecule has 1 aliphatic rings. The van der Waals surface area contributed by atoms with Crippen LogP contribution in [0, 0.1) is 12.8 Å². The summed E-state index contributed by atoms with van der Waals surface area (Å²) in [5.74, 6) is 0.510. The van der Waals surface area contributed by atoms with E-state index in [9.17, 15) is 13.6 Å². The van der Waals surface area contributed by atoms with Crippen LogP contribution >= 0.6 is 0 Å². The average Bonchev–Trinajstić information content (AvgIpc) is 2.68. The van der Waals surface area contributed by atoms with E-state index in [2.05, 4.69) is 20.6 Å². The number of alkyl halides is 2. The molecule has 1 saturated heterocycles. The third kappa shape index (κ3) is 5.35. The summed E-state index contributed by atoms with van der Waals surface area (Å²) in [6.07, 6.45) is 0.583. The van der Waals surface area contributed by atoms with Crippen molar-refractivity contribution in [2.45, 2.75) is 26.2 Å². The number of aryl methyl sites for hydroxylation is 1. The number of nitrogens with zero attached hydrogens (tertiary/aromatic N) is 3. The van der Waals surface area contributed by atoms with Gasteiger partial charge in [-0.1, -0.05) is 17.7 Å². The number of carbonyl (C=O) groups excluding carboxylic acids is 1. The Morgan fingerprint density at radius 1 is 1.30 bits per heavy atom. The first-order chi connectivity index (χ1) is 13.0. The Morgan fingerprint density at radius 3 is 2.81 bits per heavy atom. The Bertz CT molecular complexity index is 769. The smallest absolute Gasteiger partial charge is 0.255 e. The van der Waals surface area contributed by atoms with Gasteiger partial charge >= 0.3 is 0 Å². The SMILES string of the molecule is Cc1ccc(Nc2ccnc(N3CCCC(C(=O)NCC(F)F)C3)n2)cc1. The van der Waals surface area contributed by atoms with E-state index < -0.39 is 13.0 Å². The quantitative estimate of drug-likeness (QED) is 0.812. The standard InChI is InChI=1S/C19H23F2N5O/c1-13-4-6-15(7-5-13)24-17-8-9-22-19(25-17)26-10-2-3-14(12-26)18(27)23-11-16(20)21/h4-9,14,16H,2-3,10-12H2,1H3,(H,23,27)(H,22,24,25). The molecular weight excluding hydrogens is 352 g/mol. The van der Waals surface area contributed by atoms with Gasteiger partial charge in [-0.25, -0.2) is 13.8 Å². The van der Waals surface area contributed by atoms with Gasteiger partial charge in [0, 0.05) is 25.0 Å². The van der Waals surface area contributed by atoms with Gasteiger partial charge in [0.25, 0.3) is 6.43 Å². The number of hydrogen-bond acceptors (Lipinski definition) is 5. The van der Waals surface area contributed by atoms with E-state index in [1.54, 1.807) is 12.3 Å². The molecule has 8 heteroatoms. The molecule has 1 unspecified atom stereocenters. The molecule has 27 heavy (non-hydrogen) atoms. The van der Waals surface area contributed by atoms with E-state index in [1.165, 1.54) is 5.56 Å². The molecule has 1 aromatic carbocycles. The van der Waals surface area contributed by atoms with Crippen molar-refractivity contribution in [1.82, 2.24) is 15.3 Å². The normalized spacial score (nSPS) is 17.0. The first-order valence-corrected chi connectivity index (χ1v) is 8.99. The lowest BCUT2D eigenvalue weighted by Crippen LogP contribution is -2.44. The van der Waals surface area contributed by atoms with Crippen LogP contribution < -0.4 is 15.5 Å². The predicted octanol–water partition coefficient (Wildman–Crippen LogP) is 3.13. The number of benzene rings is 1. The lowest BCUT2D eigenvalue weighted by Gasteiger charge is -2.32. The van der Waals surface area contributed by atoms with Crippen LogP contribution in [0.15, 0.2) is 36.5 Å². The maximum atomic E-state index is 12.3. The second kappa shape index (κ2) is 8.75. The van der Waals surface area contributed by atoms with Crippen LogP contribution in [0.2, 0.25) is 0 Å². The molecule has 0 radical (unpaired) electrons. The molecule has 2 aromatic rings. The number of carbonyl (C=O) groups is 1. The molecule has 1 aliphatic heterocycles. The highest BCUT2D eigenvalue weighted by molar-refractivity contribution is 5.79. The monoisotopic (exact) mass is 375 g/mol. The van der Waals surface area contributed by atoms with Crippen molar-refractivity contribution in [3.05, 3.63) is 42.1 Å². The lowest BCUT2D eigenvalue weighted by atomic mass is 9.97.